The number of hydrogen-bond donors (Lipinski definition) is 1. The van der Waals surface area contributed by atoms with Crippen LogP contribution in [0.15, 0.2) is 24.3 Å². The number of nitrogens with one attached hydrogen (secondary N) is 1. The summed E-state index contributed by atoms with van der Waals surface area (Å²) < 4.78 is 18.0. The average molecular weight is 251 g/mol. The molecule has 1 heterocycles. The van der Waals surface area contributed by atoms with Gasteiger partial charge < -0.3 is 10.1 Å². The number of rotatable bonds is 3. The van der Waals surface area contributed by atoms with Crippen LogP contribution < -0.4 is 5.32 Å². The minimum Gasteiger partial charge on any atom is -0.466 e. The molecule has 0 radical (unpaired) electrons. The van der Waals surface area contributed by atoms with E-state index in [1.54, 1.807) is 19.1 Å². The molecular weight excluding hydrogens is 233 g/mol. The van der Waals surface area contributed by atoms with E-state index >= 15 is 0 Å². The van der Waals surface area contributed by atoms with Crippen molar-refractivity contribution in [2.75, 3.05) is 19.7 Å². The fourth-order valence-corrected chi connectivity index (χ4v) is 2.46. The van der Waals surface area contributed by atoms with Crippen LogP contribution >= 0.6 is 0 Å². The van der Waals surface area contributed by atoms with Crippen LogP contribution in [0.25, 0.3) is 0 Å². The van der Waals surface area contributed by atoms with E-state index in [-0.39, 0.29) is 23.6 Å². The van der Waals surface area contributed by atoms with Crippen LogP contribution in [0.5, 0.6) is 0 Å². The van der Waals surface area contributed by atoms with Crippen LogP contribution in [0, 0.1) is 11.7 Å². The second-order valence-electron chi connectivity index (χ2n) is 4.51. The molecule has 2 unspecified atom stereocenters. The first kappa shape index (κ1) is 13.0. The van der Waals surface area contributed by atoms with Gasteiger partial charge in [-0.3, -0.25) is 4.79 Å². The van der Waals surface area contributed by atoms with Crippen LogP contribution in [0.4, 0.5) is 4.39 Å². The summed E-state index contributed by atoms with van der Waals surface area (Å²) in [5.74, 6) is -0.477. The van der Waals surface area contributed by atoms with Gasteiger partial charge in [-0.2, -0.15) is 0 Å². The minimum atomic E-state index is -0.250. The van der Waals surface area contributed by atoms with E-state index in [0.29, 0.717) is 13.2 Å². The first-order valence-corrected chi connectivity index (χ1v) is 6.35. The Bertz CT molecular complexity index is 405. The third kappa shape index (κ3) is 2.88. The number of carbonyl (C=O) groups excluding carboxylic acids is 1. The van der Waals surface area contributed by atoms with Gasteiger partial charge in [0.2, 0.25) is 0 Å². The summed E-state index contributed by atoms with van der Waals surface area (Å²) in [6.45, 7) is 3.70. The molecule has 1 aliphatic heterocycles. The van der Waals surface area contributed by atoms with Crippen molar-refractivity contribution in [1.29, 1.82) is 0 Å². The summed E-state index contributed by atoms with van der Waals surface area (Å²) in [5, 5.41) is 3.21. The first-order valence-electron chi connectivity index (χ1n) is 6.35. The van der Waals surface area contributed by atoms with Crippen LogP contribution in [-0.2, 0) is 9.53 Å². The molecule has 1 aromatic rings. The second-order valence-corrected chi connectivity index (χ2v) is 4.51. The number of piperidine rings is 1. The maximum absolute atomic E-state index is 12.9. The summed E-state index contributed by atoms with van der Waals surface area (Å²) in [6, 6.07) is 6.41. The number of hydrogen-bond acceptors (Lipinski definition) is 3. The number of benzene rings is 1. The monoisotopic (exact) mass is 251 g/mol. The van der Waals surface area contributed by atoms with Crippen molar-refractivity contribution < 1.29 is 13.9 Å². The van der Waals surface area contributed by atoms with Crippen molar-refractivity contribution in [2.24, 2.45) is 5.92 Å². The number of halogens is 1. The predicted octanol–water partition coefficient (Wildman–Crippen LogP) is 2.08. The lowest BCUT2D eigenvalue weighted by Crippen LogP contribution is -2.40. The van der Waals surface area contributed by atoms with Crippen molar-refractivity contribution in [3.05, 3.63) is 35.6 Å². The highest BCUT2D eigenvalue weighted by Crippen LogP contribution is 2.31. The normalized spacial score (nSPS) is 23.7. The Hall–Kier alpha value is -1.42. The smallest absolute Gasteiger partial charge is 0.310 e. The Balaban J connectivity index is 2.17. The van der Waals surface area contributed by atoms with Crippen LogP contribution in [0.2, 0.25) is 0 Å². The molecule has 98 valence electrons. The van der Waals surface area contributed by atoms with E-state index < -0.39 is 0 Å². The van der Waals surface area contributed by atoms with Gasteiger partial charge >= 0.3 is 5.97 Å². The van der Waals surface area contributed by atoms with Gasteiger partial charge in [0.15, 0.2) is 0 Å². The Morgan fingerprint density at radius 2 is 2.17 bits per heavy atom. The zero-order valence-electron chi connectivity index (χ0n) is 10.5. The molecule has 1 aromatic carbocycles. The van der Waals surface area contributed by atoms with Crippen molar-refractivity contribution >= 4 is 5.97 Å². The molecule has 0 spiro atoms. The molecule has 3 nitrogen and oxygen atoms in total. The first-order chi connectivity index (χ1) is 8.72. The molecule has 0 amide bonds. The summed E-state index contributed by atoms with van der Waals surface area (Å²) in [6.07, 6.45) is 0.870. The molecule has 0 aliphatic carbocycles. The van der Waals surface area contributed by atoms with Crippen LogP contribution in [0.1, 0.15) is 24.8 Å². The molecule has 4 heteroatoms. The summed E-state index contributed by atoms with van der Waals surface area (Å²) in [4.78, 5) is 11.9. The molecule has 1 N–H and O–H groups in total. The minimum absolute atomic E-state index is 0.117. The molecule has 2 atom stereocenters. The molecule has 0 saturated carbocycles. The fourth-order valence-electron chi connectivity index (χ4n) is 2.46. The standard InChI is InChI=1S/C14H18FNO2/c1-2-18-14(17)13-9-16-8-7-12(13)10-3-5-11(15)6-4-10/h3-6,12-13,16H,2,7-9H2,1H3. The molecule has 1 saturated heterocycles. The summed E-state index contributed by atoms with van der Waals surface area (Å²) in [7, 11) is 0. The quantitative estimate of drug-likeness (QED) is 0.836. The molecule has 18 heavy (non-hydrogen) atoms. The predicted molar refractivity (Wildman–Crippen MR) is 66.8 cm³/mol. The van der Waals surface area contributed by atoms with E-state index in [0.717, 1.165) is 18.5 Å². The topological polar surface area (TPSA) is 38.3 Å². The zero-order valence-corrected chi connectivity index (χ0v) is 10.5. The molecule has 0 aromatic heterocycles. The van der Waals surface area contributed by atoms with E-state index in [9.17, 15) is 9.18 Å². The van der Waals surface area contributed by atoms with E-state index in [1.165, 1.54) is 12.1 Å². The highest BCUT2D eigenvalue weighted by Gasteiger charge is 2.32. The largest absolute Gasteiger partial charge is 0.466 e. The Kier molecular flexibility index (Phi) is 4.31. The van der Waals surface area contributed by atoms with Gasteiger partial charge in [-0.1, -0.05) is 12.1 Å². The van der Waals surface area contributed by atoms with E-state index in [1.807, 2.05) is 0 Å². The van der Waals surface area contributed by atoms with Gasteiger partial charge in [0.05, 0.1) is 12.5 Å². The lowest BCUT2D eigenvalue weighted by molar-refractivity contribution is -0.149. The maximum Gasteiger partial charge on any atom is 0.310 e. The number of esters is 1. The zero-order chi connectivity index (χ0) is 13.0. The average Bonchev–Trinajstić information content (AvgIpc) is 2.40. The summed E-state index contributed by atoms with van der Waals surface area (Å²) in [5.41, 5.74) is 1.01. The molecule has 1 fully saturated rings. The molecular formula is C14H18FNO2. The lowest BCUT2D eigenvalue weighted by atomic mass is 9.81. The van der Waals surface area contributed by atoms with Crippen LogP contribution in [0.3, 0.4) is 0 Å². The van der Waals surface area contributed by atoms with Crippen molar-refractivity contribution in [3.8, 4) is 0 Å². The number of carbonyl (C=O) groups is 1. The Morgan fingerprint density at radius 1 is 1.44 bits per heavy atom. The van der Waals surface area contributed by atoms with E-state index in [4.69, 9.17) is 4.74 Å². The van der Waals surface area contributed by atoms with Gasteiger partial charge in [-0.15, -0.1) is 0 Å². The third-order valence-electron chi connectivity index (χ3n) is 3.37. The van der Waals surface area contributed by atoms with Crippen LogP contribution in [-0.4, -0.2) is 25.7 Å². The van der Waals surface area contributed by atoms with Gasteiger partial charge in [-0.25, -0.2) is 4.39 Å². The van der Waals surface area contributed by atoms with Gasteiger partial charge in [0.1, 0.15) is 5.82 Å². The van der Waals surface area contributed by atoms with Gasteiger partial charge in [0.25, 0.3) is 0 Å². The van der Waals surface area contributed by atoms with Crippen molar-refractivity contribution in [3.63, 3.8) is 0 Å². The number of ether oxygens (including phenoxy) is 1. The van der Waals surface area contributed by atoms with Gasteiger partial charge in [0, 0.05) is 6.54 Å². The molecule has 1 aliphatic rings. The Labute approximate surface area is 106 Å². The van der Waals surface area contributed by atoms with Gasteiger partial charge in [-0.05, 0) is 43.5 Å². The third-order valence-corrected chi connectivity index (χ3v) is 3.37. The molecule has 2 rings (SSSR count). The highest BCUT2D eigenvalue weighted by atomic mass is 19.1. The highest BCUT2D eigenvalue weighted by molar-refractivity contribution is 5.74. The second kappa shape index (κ2) is 5.96. The Morgan fingerprint density at radius 3 is 2.83 bits per heavy atom. The maximum atomic E-state index is 12.9. The summed E-state index contributed by atoms with van der Waals surface area (Å²) >= 11 is 0. The SMILES string of the molecule is CCOC(=O)C1CNCCC1c1ccc(F)cc1. The van der Waals surface area contributed by atoms with E-state index in [2.05, 4.69) is 5.32 Å². The fraction of sp³-hybridized carbons (Fsp3) is 0.500. The van der Waals surface area contributed by atoms with Crippen molar-refractivity contribution in [1.82, 2.24) is 5.32 Å². The molecule has 0 bridgehead atoms. The van der Waals surface area contributed by atoms with Crippen molar-refractivity contribution in [2.45, 2.75) is 19.3 Å². The lowest BCUT2D eigenvalue weighted by Gasteiger charge is -2.30.